The minimum atomic E-state index is 0.397. The molecule has 0 radical (unpaired) electrons. The first-order valence-corrected chi connectivity index (χ1v) is 7.33. The summed E-state index contributed by atoms with van der Waals surface area (Å²) in [7, 11) is 0. The van der Waals surface area contributed by atoms with Crippen LogP contribution in [-0.2, 0) is 0 Å². The highest BCUT2D eigenvalue weighted by molar-refractivity contribution is 6.30. The first-order valence-electron chi connectivity index (χ1n) is 6.95. The Morgan fingerprint density at radius 2 is 1.95 bits per heavy atom. The molecule has 6 heteroatoms. The van der Waals surface area contributed by atoms with Gasteiger partial charge in [0.25, 0.3) is 0 Å². The van der Waals surface area contributed by atoms with Crippen LogP contribution in [0.2, 0.25) is 5.02 Å². The fraction of sp³-hybridized carbons (Fsp3) is 0.188. The second kappa shape index (κ2) is 6.58. The van der Waals surface area contributed by atoms with Crippen molar-refractivity contribution >= 4 is 11.6 Å². The standard InChI is InChI=1S/C16H14ClN3O2/c1-2-9-22-16-14(11-5-7-12(17)8-6-11)19-20-15(18-16)13-4-3-10-21-13/h3-8,10H,2,9H2,1H3. The van der Waals surface area contributed by atoms with E-state index < -0.39 is 0 Å². The summed E-state index contributed by atoms with van der Waals surface area (Å²) in [6, 6.07) is 10.9. The second-order valence-electron chi connectivity index (χ2n) is 4.62. The highest BCUT2D eigenvalue weighted by atomic mass is 35.5. The maximum atomic E-state index is 5.92. The fourth-order valence-corrected chi connectivity index (χ4v) is 2.04. The molecule has 0 aliphatic carbocycles. The Morgan fingerprint density at radius 3 is 2.64 bits per heavy atom. The molecule has 0 spiro atoms. The van der Waals surface area contributed by atoms with Gasteiger partial charge in [-0.05, 0) is 30.7 Å². The van der Waals surface area contributed by atoms with Crippen LogP contribution in [-0.4, -0.2) is 21.8 Å². The van der Waals surface area contributed by atoms with Gasteiger partial charge < -0.3 is 9.15 Å². The number of benzene rings is 1. The van der Waals surface area contributed by atoms with Gasteiger partial charge in [-0.3, -0.25) is 0 Å². The zero-order valence-electron chi connectivity index (χ0n) is 12.0. The van der Waals surface area contributed by atoms with Crippen LogP contribution in [0.5, 0.6) is 5.88 Å². The van der Waals surface area contributed by atoms with E-state index in [-0.39, 0.29) is 0 Å². The fourth-order valence-electron chi connectivity index (χ4n) is 1.91. The zero-order valence-corrected chi connectivity index (χ0v) is 12.7. The molecular weight excluding hydrogens is 302 g/mol. The number of hydrogen-bond acceptors (Lipinski definition) is 5. The van der Waals surface area contributed by atoms with Crippen molar-refractivity contribution in [1.29, 1.82) is 0 Å². The lowest BCUT2D eigenvalue weighted by Gasteiger charge is -2.09. The molecule has 0 aliphatic heterocycles. The predicted octanol–water partition coefficient (Wildman–Crippen LogP) is 4.24. The van der Waals surface area contributed by atoms with Gasteiger partial charge in [-0.1, -0.05) is 30.7 Å². The number of nitrogens with zero attached hydrogens (tertiary/aromatic N) is 3. The van der Waals surface area contributed by atoms with Crippen molar-refractivity contribution in [1.82, 2.24) is 15.2 Å². The third-order valence-corrected chi connectivity index (χ3v) is 3.21. The molecule has 3 rings (SSSR count). The third-order valence-electron chi connectivity index (χ3n) is 2.96. The molecule has 1 aromatic carbocycles. The maximum Gasteiger partial charge on any atom is 0.244 e. The molecule has 0 atom stereocenters. The second-order valence-corrected chi connectivity index (χ2v) is 5.06. The summed E-state index contributed by atoms with van der Waals surface area (Å²) in [4.78, 5) is 4.43. The molecule has 0 saturated heterocycles. The van der Waals surface area contributed by atoms with E-state index in [9.17, 15) is 0 Å². The molecule has 3 aromatic rings. The highest BCUT2D eigenvalue weighted by Gasteiger charge is 2.15. The normalized spacial score (nSPS) is 10.6. The number of halogens is 1. The number of aromatic nitrogens is 3. The average Bonchev–Trinajstić information content (AvgIpc) is 3.08. The van der Waals surface area contributed by atoms with Crippen molar-refractivity contribution in [3.63, 3.8) is 0 Å². The average molecular weight is 316 g/mol. The summed E-state index contributed by atoms with van der Waals surface area (Å²) >= 11 is 5.92. The topological polar surface area (TPSA) is 61.0 Å². The molecule has 0 N–H and O–H groups in total. The Hall–Kier alpha value is -2.40. The molecule has 0 saturated carbocycles. The summed E-state index contributed by atoms with van der Waals surface area (Å²) in [6.45, 7) is 2.58. The van der Waals surface area contributed by atoms with Gasteiger partial charge in [-0.25, -0.2) is 0 Å². The van der Waals surface area contributed by atoms with Gasteiger partial charge in [-0.15, -0.1) is 10.2 Å². The first-order chi connectivity index (χ1) is 10.8. The minimum Gasteiger partial charge on any atom is -0.476 e. The lowest BCUT2D eigenvalue weighted by Crippen LogP contribution is -2.04. The number of furan rings is 1. The van der Waals surface area contributed by atoms with Crippen LogP contribution in [0.3, 0.4) is 0 Å². The van der Waals surface area contributed by atoms with Crippen molar-refractivity contribution in [2.75, 3.05) is 6.61 Å². The van der Waals surface area contributed by atoms with E-state index >= 15 is 0 Å². The van der Waals surface area contributed by atoms with E-state index in [0.29, 0.717) is 34.8 Å². The van der Waals surface area contributed by atoms with Gasteiger partial charge in [0.05, 0.1) is 12.9 Å². The third kappa shape index (κ3) is 3.09. The smallest absolute Gasteiger partial charge is 0.244 e. The van der Waals surface area contributed by atoms with Gasteiger partial charge >= 0.3 is 0 Å². The van der Waals surface area contributed by atoms with Crippen LogP contribution >= 0.6 is 11.6 Å². The predicted molar refractivity (Wildman–Crippen MR) is 83.8 cm³/mol. The van der Waals surface area contributed by atoms with Crippen LogP contribution in [0.25, 0.3) is 22.8 Å². The number of hydrogen-bond donors (Lipinski definition) is 0. The molecule has 22 heavy (non-hydrogen) atoms. The van der Waals surface area contributed by atoms with E-state index in [1.807, 2.05) is 19.1 Å². The Balaban J connectivity index is 2.03. The highest BCUT2D eigenvalue weighted by Crippen LogP contribution is 2.28. The van der Waals surface area contributed by atoms with Crippen LogP contribution in [0.1, 0.15) is 13.3 Å². The molecule has 5 nitrogen and oxygen atoms in total. The molecule has 0 unspecified atom stereocenters. The molecule has 2 heterocycles. The monoisotopic (exact) mass is 315 g/mol. The van der Waals surface area contributed by atoms with Crippen LogP contribution in [0, 0.1) is 0 Å². The summed E-state index contributed by atoms with van der Waals surface area (Å²) in [5, 5.41) is 9.03. The molecule has 2 aromatic heterocycles. The molecule has 0 aliphatic rings. The minimum absolute atomic E-state index is 0.397. The van der Waals surface area contributed by atoms with Crippen molar-refractivity contribution in [3.8, 4) is 28.7 Å². The van der Waals surface area contributed by atoms with Gasteiger partial charge in [0.15, 0.2) is 11.5 Å². The summed E-state index contributed by atoms with van der Waals surface area (Å²) in [6.07, 6.45) is 2.44. The molecular formula is C16H14ClN3O2. The van der Waals surface area contributed by atoms with Crippen molar-refractivity contribution < 1.29 is 9.15 Å². The Bertz CT molecular complexity index is 743. The van der Waals surface area contributed by atoms with Crippen molar-refractivity contribution in [3.05, 3.63) is 47.7 Å². The van der Waals surface area contributed by atoms with E-state index in [2.05, 4.69) is 15.2 Å². The van der Waals surface area contributed by atoms with Crippen molar-refractivity contribution in [2.45, 2.75) is 13.3 Å². The largest absolute Gasteiger partial charge is 0.476 e. The summed E-state index contributed by atoms with van der Waals surface area (Å²) < 4.78 is 11.0. The lowest BCUT2D eigenvalue weighted by molar-refractivity contribution is 0.304. The Labute approximate surface area is 132 Å². The van der Waals surface area contributed by atoms with E-state index in [1.165, 1.54) is 0 Å². The Kier molecular flexibility index (Phi) is 4.34. The van der Waals surface area contributed by atoms with Crippen LogP contribution < -0.4 is 4.74 Å². The molecule has 0 fully saturated rings. The van der Waals surface area contributed by atoms with Gasteiger partial charge in [-0.2, -0.15) is 4.98 Å². The van der Waals surface area contributed by atoms with Crippen LogP contribution in [0.4, 0.5) is 0 Å². The first kappa shape index (κ1) is 14.5. The SMILES string of the molecule is CCCOc1nc(-c2ccco2)nnc1-c1ccc(Cl)cc1. The summed E-state index contributed by atoms with van der Waals surface area (Å²) in [5.41, 5.74) is 1.43. The zero-order chi connectivity index (χ0) is 15.4. The number of rotatable bonds is 5. The Morgan fingerprint density at radius 1 is 1.14 bits per heavy atom. The van der Waals surface area contributed by atoms with Crippen LogP contribution in [0.15, 0.2) is 47.1 Å². The van der Waals surface area contributed by atoms with Gasteiger partial charge in [0, 0.05) is 10.6 Å². The lowest BCUT2D eigenvalue weighted by atomic mass is 10.1. The van der Waals surface area contributed by atoms with Gasteiger partial charge in [0.2, 0.25) is 11.7 Å². The molecule has 112 valence electrons. The van der Waals surface area contributed by atoms with E-state index in [1.54, 1.807) is 30.5 Å². The summed E-state index contributed by atoms with van der Waals surface area (Å²) in [5.74, 6) is 1.39. The van der Waals surface area contributed by atoms with E-state index in [4.69, 9.17) is 20.8 Å². The van der Waals surface area contributed by atoms with E-state index in [0.717, 1.165) is 12.0 Å². The van der Waals surface area contributed by atoms with Crippen molar-refractivity contribution in [2.24, 2.45) is 0 Å². The maximum absolute atomic E-state index is 5.92. The van der Waals surface area contributed by atoms with Gasteiger partial charge in [0.1, 0.15) is 0 Å². The quantitative estimate of drug-likeness (QED) is 0.704. The number of ether oxygens (including phenoxy) is 1. The molecule has 0 amide bonds. The molecule has 0 bridgehead atoms.